The molecular formula is C17H18N4OS. The van der Waals surface area contributed by atoms with Gasteiger partial charge in [0.1, 0.15) is 6.61 Å². The minimum atomic E-state index is 0.529. The van der Waals surface area contributed by atoms with Gasteiger partial charge in [0, 0.05) is 5.56 Å². The van der Waals surface area contributed by atoms with Crippen molar-refractivity contribution in [3.8, 4) is 5.88 Å². The van der Waals surface area contributed by atoms with Crippen LogP contribution in [0.25, 0.3) is 5.78 Å². The van der Waals surface area contributed by atoms with Gasteiger partial charge >= 0.3 is 0 Å². The highest BCUT2D eigenvalue weighted by molar-refractivity contribution is 7.98. The van der Waals surface area contributed by atoms with Crippen LogP contribution in [0.2, 0.25) is 0 Å². The van der Waals surface area contributed by atoms with E-state index >= 15 is 0 Å². The molecule has 0 unspecified atom stereocenters. The summed E-state index contributed by atoms with van der Waals surface area (Å²) in [5.74, 6) is 1.44. The fourth-order valence-corrected chi connectivity index (χ4v) is 3.28. The fourth-order valence-electron chi connectivity index (χ4n) is 2.95. The number of hydrogen-bond acceptors (Lipinski definition) is 5. The number of nitrogens with zero attached hydrogens (tertiary/aromatic N) is 4. The lowest BCUT2D eigenvalue weighted by Gasteiger charge is -2.19. The van der Waals surface area contributed by atoms with Crippen LogP contribution < -0.4 is 4.74 Å². The van der Waals surface area contributed by atoms with Gasteiger partial charge in [-0.15, -0.1) is 5.10 Å². The molecule has 5 nitrogen and oxygen atoms in total. The van der Waals surface area contributed by atoms with Crippen molar-refractivity contribution in [3.63, 3.8) is 0 Å². The van der Waals surface area contributed by atoms with Crippen LogP contribution in [0.1, 0.15) is 29.7 Å². The Labute approximate surface area is 139 Å². The van der Waals surface area contributed by atoms with Gasteiger partial charge < -0.3 is 4.74 Å². The van der Waals surface area contributed by atoms with E-state index in [1.807, 2.05) is 24.5 Å². The first kappa shape index (κ1) is 14.5. The normalized spacial score (nSPS) is 14.0. The van der Waals surface area contributed by atoms with Crippen LogP contribution in [0.3, 0.4) is 0 Å². The van der Waals surface area contributed by atoms with Crippen LogP contribution in [0.15, 0.2) is 35.5 Å². The van der Waals surface area contributed by atoms with E-state index in [-0.39, 0.29) is 0 Å². The second kappa shape index (κ2) is 6.20. The first-order chi connectivity index (χ1) is 11.3. The summed E-state index contributed by atoms with van der Waals surface area (Å²) >= 11 is 1.52. The zero-order valence-corrected chi connectivity index (χ0v) is 13.8. The summed E-state index contributed by atoms with van der Waals surface area (Å²) in [5, 5.41) is 5.26. The molecule has 1 aliphatic carbocycles. The molecule has 6 heteroatoms. The number of benzene rings is 1. The second-order valence-corrected chi connectivity index (χ2v) is 6.41. The summed E-state index contributed by atoms with van der Waals surface area (Å²) in [6, 6.07) is 10.2. The standard InChI is InChI=1S/C17H18N4OS/c1-23-17-19-16-18-14-10-6-5-9-13(14)15(21(16)20-17)22-11-12-7-3-2-4-8-12/h2-4,7-8H,5-6,9-11H2,1H3. The van der Waals surface area contributed by atoms with Crippen molar-refractivity contribution in [2.45, 2.75) is 37.4 Å². The van der Waals surface area contributed by atoms with Crippen LogP contribution in [0, 0.1) is 0 Å². The van der Waals surface area contributed by atoms with Crippen LogP contribution in [0.4, 0.5) is 0 Å². The van der Waals surface area contributed by atoms with Crippen LogP contribution in [0.5, 0.6) is 5.88 Å². The Kier molecular flexibility index (Phi) is 3.91. The SMILES string of the molecule is CSc1nc2nc3c(c(OCc4ccccc4)n2n1)CCCC3. The van der Waals surface area contributed by atoms with E-state index in [0.717, 1.165) is 35.1 Å². The molecular weight excluding hydrogens is 308 g/mol. The maximum absolute atomic E-state index is 6.17. The van der Waals surface area contributed by atoms with Gasteiger partial charge in [-0.2, -0.15) is 9.50 Å². The lowest BCUT2D eigenvalue weighted by molar-refractivity contribution is 0.279. The van der Waals surface area contributed by atoms with Gasteiger partial charge in [0.05, 0.1) is 5.69 Å². The third-order valence-corrected chi connectivity index (χ3v) is 4.63. The molecule has 0 spiro atoms. The Hall–Kier alpha value is -2.08. The molecule has 1 aliphatic rings. The van der Waals surface area contributed by atoms with E-state index < -0.39 is 0 Å². The van der Waals surface area contributed by atoms with Crippen LogP contribution in [-0.4, -0.2) is 25.8 Å². The lowest BCUT2D eigenvalue weighted by atomic mass is 9.97. The minimum Gasteiger partial charge on any atom is -0.472 e. The molecule has 118 valence electrons. The molecule has 1 aromatic carbocycles. The van der Waals surface area contributed by atoms with E-state index in [2.05, 4.69) is 22.2 Å². The molecule has 0 aliphatic heterocycles. The monoisotopic (exact) mass is 326 g/mol. The van der Waals surface area contributed by atoms with Crippen LogP contribution in [-0.2, 0) is 19.4 Å². The van der Waals surface area contributed by atoms with Crippen molar-refractivity contribution in [1.29, 1.82) is 0 Å². The molecule has 0 bridgehead atoms. The second-order valence-electron chi connectivity index (χ2n) is 5.63. The molecule has 2 aromatic heterocycles. The zero-order valence-electron chi connectivity index (χ0n) is 13.0. The van der Waals surface area contributed by atoms with Crippen LogP contribution >= 0.6 is 11.8 Å². The summed E-state index contributed by atoms with van der Waals surface area (Å²) < 4.78 is 7.94. The molecule has 23 heavy (non-hydrogen) atoms. The van der Waals surface area contributed by atoms with Gasteiger partial charge in [-0.05, 0) is 37.5 Å². The molecule has 0 atom stereocenters. The Morgan fingerprint density at radius 3 is 2.78 bits per heavy atom. The van der Waals surface area contributed by atoms with E-state index in [4.69, 9.17) is 9.72 Å². The Morgan fingerprint density at radius 1 is 1.13 bits per heavy atom. The third kappa shape index (κ3) is 2.79. The molecule has 0 N–H and O–H groups in total. The maximum atomic E-state index is 6.17. The van der Waals surface area contributed by atoms with Crippen molar-refractivity contribution in [2.75, 3.05) is 6.26 Å². The maximum Gasteiger partial charge on any atom is 0.256 e. The number of aromatic nitrogens is 4. The highest BCUT2D eigenvalue weighted by atomic mass is 32.2. The van der Waals surface area contributed by atoms with Gasteiger partial charge in [-0.3, -0.25) is 0 Å². The Balaban J connectivity index is 1.77. The number of aryl methyl sites for hydroxylation is 1. The summed E-state index contributed by atoms with van der Waals surface area (Å²) in [5.41, 5.74) is 3.45. The highest BCUT2D eigenvalue weighted by Crippen LogP contribution is 2.30. The molecule has 0 saturated heterocycles. The smallest absolute Gasteiger partial charge is 0.256 e. The van der Waals surface area contributed by atoms with Gasteiger partial charge in [0.25, 0.3) is 5.78 Å². The summed E-state index contributed by atoms with van der Waals surface area (Å²) in [4.78, 5) is 9.17. The van der Waals surface area contributed by atoms with Crippen molar-refractivity contribution in [1.82, 2.24) is 19.6 Å². The first-order valence-corrected chi connectivity index (χ1v) is 9.07. The molecule has 2 heterocycles. The van der Waals surface area contributed by atoms with E-state index in [0.29, 0.717) is 12.4 Å². The molecule has 4 rings (SSSR count). The molecule has 0 fully saturated rings. The van der Waals surface area contributed by atoms with E-state index in [1.165, 1.54) is 30.2 Å². The molecule has 0 radical (unpaired) electrons. The average molecular weight is 326 g/mol. The molecule has 0 saturated carbocycles. The quantitative estimate of drug-likeness (QED) is 0.689. The lowest BCUT2D eigenvalue weighted by Crippen LogP contribution is -2.13. The summed E-state index contributed by atoms with van der Waals surface area (Å²) in [6.45, 7) is 0.529. The van der Waals surface area contributed by atoms with Crippen molar-refractivity contribution in [3.05, 3.63) is 47.2 Å². The largest absolute Gasteiger partial charge is 0.472 e. The first-order valence-electron chi connectivity index (χ1n) is 7.84. The predicted octanol–water partition coefficient (Wildman–Crippen LogP) is 3.30. The van der Waals surface area contributed by atoms with Crippen molar-refractivity contribution < 1.29 is 4.74 Å². The zero-order chi connectivity index (χ0) is 15.6. The number of rotatable bonds is 4. The molecule has 0 amide bonds. The van der Waals surface area contributed by atoms with Gasteiger partial charge in [-0.1, -0.05) is 42.1 Å². The third-order valence-electron chi connectivity index (χ3n) is 4.10. The fraction of sp³-hybridized carbons (Fsp3) is 0.353. The average Bonchev–Trinajstić information content (AvgIpc) is 3.02. The Bertz CT molecular complexity index is 831. The van der Waals surface area contributed by atoms with Gasteiger partial charge in [0.2, 0.25) is 11.0 Å². The summed E-state index contributed by atoms with van der Waals surface area (Å²) in [7, 11) is 0. The van der Waals surface area contributed by atoms with Gasteiger partial charge in [0.15, 0.2) is 0 Å². The predicted molar refractivity (Wildman–Crippen MR) is 90.0 cm³/mol. The Morgan fingerprint density at radius 2 is 1.96 bits per heavy atom. The van der Waals surface area contributed by atoms with E-state index in [1.54, 1.807) is 4.52 Å². The molecule has 3 aromatic rings. The minimum absolute atomic E-state index is 0.529. The number of thioether (sulfide) groups is 1. The van der Waals surface area contributed by atoms with E-state index in [9.17, 15) is 0 Å². The highest BCUT2D eigenvalue weighted by Gasteiger charge is 2.21. The number of ether oxygens (including phenoxy) is 1. The number of fused-ring (bicyclic) bond motifs is 2. The van der Waals surface area contributed by atoms with Crippen molar-refractivity contribution in [2.24, 2.45) is 0 Å². The summed E-state index contributed by atoms with van der Waals surface area (Å²) in [6.07, 6.45) is 6.31. The van der Waals surface area contributed by atoms with Gasteiger partial charge in [-0.25, -0.2) is 4.98 Å². The topological polar surface area (TPSA) is 52.3 Å². The van der Waals surface area contributed by atoms with Crippen molar-refractivity contribution >= 4 is 17.5 Å². The number of hydrogen-bond donors (Lipinski definition) is 0.